The van der Waals surface area contributed by atoms with E-state index in [0.717, 1.165) is 12.8 Å². The number of nitrogens with one attached hydrogen (secondary N) is 2. The Labute approximate surface area is 182 Å². The number of esters is 1. The molecule has 1 heterocycles. The van der Waals surface area contributed by atoms with Crippen molar-refractivity contribution >= 4 is 33.3 Å². The van der Waals surface area contributed by atoms with Gasteiger partial charge in [0, 0.05) is 24.5 Å². The van der Waals surface area contributed by atoms with Crippen LogP contribution in [0.4, 0.5) is 11.4 Å². The van der Waals surface area contributed by atoms with Gasteiger partial charge >= 0.3 is 5.97 Å². The van der Waals surface area contributed by atoms with Crippen LogP contribution in [0.1, 0.15) is 37.0 Å². The number of sulfonamides is 1. The summed E-state index contributed by atoms with van der Waals surface area (Å²) in [4.78, 5) is 24.4. The molecule has 166 valence electrons. The van der Waals surface area contributed by atoms with E-state index in [0.29, 0.717) is 36.6 Å². The highest BCUT2D eigenvalue weighted by Crippen LogP contribution is 2.22. The van der Waals surface area contributed by atoms with Gasteiger partial charge in [-0.25, -0.2) is 13.2 Å². The Balaban J connectivity index is 1.57. The Morgan fingerprint density at radius 1 is 1.00 bits per heavy atom. The molecule has 1 unspecified atom stereocenters. The van der Waals surface area contributed by atoms with Crippen LogP contribution in [-0.2, 0) is 19.6 Å². The zero-order chi connectivity index (χ0) is 22.4. The molecule has 0 saturated carbocycles. The molecule has 3 rings (SSSR count). The van der Waals surface area contributed by atoms with Gasteiger partial charge in [0.2, 0.25) is 15.9 Å². The molecular formula is C22H27N3O5S. The summed E-state index contributed by atoms with van der Waals surface area (Å²) in [6.07, 6.45) is 1.76. The van der Waals surface area contributed by atoms with Crippen molar-refractivity contribution in [2.45, 2.75) is 37.6 Å². The van der Waals surface area contributed by atoms with Gasteiger partial charge in [0.1, 0.15) is 6.04 Å². The molecule has 2 N–H and O–H groups in total. The SMILES string of the molecule is CCOC(=O)c1ccc(NC(C)C(=O)Nc2ccc(S(=O)(=O)N3CCCC3)cc2)cc1. The molecule has 0 aliphatic carbocycles. The molecule has 0 aromatic heterocycles. The second-order valence-electron chi connectivity index (χ2n) is 7.29. The highest BCUT2D eigenvalue weighted by molar-refractivity contribution is 7.89. The van der Waals surface area contributed by atoms with Gasteiger partial charge in [0.05, 0.1) is 17.1 Å². The van der Waals surface area contributed by atoms with Crippen molar-refractivity contribution in [1.29, 1.82) is 0 Å². The molecule has 0 spiro atoms. The van der Waals surface area contributed by atoms with Crippen LogP contribution in [0.2, 0.25) is 0 Å². The third-order valence-electron chi connectivity index (χ3n) is 5.00. The topological polar surface area (TPSA) is 105 Å². The summed E-state index contributed by atoms with van der Waals surface area (Å²) >= 11 is 0. The molecule has 1 amide bonds. The first-order valence-corrected chi connectivity index (χ1v) is 11.7. The van der Waals surface area contributed by atoms with Crippen LogP contribution in [-0.4, -0.2) is 50.3 Å². The largest absolute Gasteiger partial charge is 0.462 e. The maximum absolute atomic E-state index is 12.6. The summed E-state index contributed by atoms with van der Waals surface area (Å²) in [7, 11) is -3.48. The van der Waals surface area contributed by atoms with Crippen LogP contribution in [0.5, 0.6) is 0 Å². The highest BCUT2D eigenvalue weighted by atomic mass is 32.2. The summed E-state index contributed by atoms with van der Waals surface area (Å²) in [5.74, 6) is -0.667. The minimum Gasteiger partial charge on any atom is -0.462 e. The maximum atomic E-state index is 12.6. The van der Waals surface area contributed by atoms with Crippen molar-refractivity contribution in [2.75, 3.05) is 30.3 Å². The number of carbonyl (C=O) groups is 2. The lowest BCUT2D eigenvalue weighted by atomic mass is 10.2. The zero-order valence-electron chi connectivity index (χ0n) is 17.6. The Morgan fingerprint density at radius 2 is 1.58 bits per heavy atom. The molecule has 31 heavy (non-hydrogen) atoms. The van der Waals surface area contributed by atoms with Crippen LogP contribution >= 0.6 is 0 Å². The fraction of sp³-hybridized carbons (Fsp3) is 0.364. The van der Waals surface area contributed by atoms with Crippen LogP contribution in [0, 0.1) is 0 Å². The quantitative estimate of drug-likeness (QED) is 0.605. The van der Waals surface area contributed by atoms with Crippen LogP contribution in [0.15, 0.2) is 53.4 Å². The van der Waals surface area contributed by atoms with E-state index in [1.165, 1.54) is 16.4 Å². The van der Waals surface area contributed by atoms with Crippen LogP contribution < -0.4 is 10.6 Å². The molecule has 2 aromatic rings. The second kappa shape index (κ2) is 9.93. The number of amides is 1. The van der Waals surface area contributed by atoms with Crippen molar-refractivity contribution in [3.8, 4) is 0 Å². The lowest BCUT2D eigenvalue weighted by Gasteiger charge is -2.17. The molecule has 1 saturated heterocycles. The molecule has 0 bridgehead atoms. The van der Waals surface area contributed by atoms with E-state index in [9.17, 15) is 18.0 Å². The molecule has 8 nitrogen and oxygen atoms in total. The Kier molecular flexibility index (Phi) is 7.29. The third kappa shape index (κ3) is 5.62. The van der Waals surface area contributed by atoms with Gasteiger partial charge in [-0.2, -0.15) is 4.31 Å². The summed E-state index contributed by atoms with van der Waals surface area (Å²) in [6.45, 7) is 4.85. The standard InChI is InChI=1S/C22H27N3O5S/c1-3-30-22(27)17-6-8-18(9-7-17)23-16(2)21(26)24-19-10-12-20(13-11-19)31(28,29)25-14-4-5-15-25/h6-13,16,23H,3-5,14-15H2,1-2H3,(H,24,26). The smallest absolute Gasteiger partial charge is 0.338 e. The molecule has 1 atom stereocenters. The lowest BCUT2D eigenvalue weighted by Crippen LogP contribution is -2.32. The first-order chi connectivity index (χ1) is 14.8. The molecule has 0 radical (unpaired) electrons. The monoisotopic (exact) mass is 445 g/mol. The van der Waals surface area contributed by atoms with Gasteiger partial charge in [0.25, 0.3) is 0 Å². The van der Waals surface area contributed by atoms with Crippen molar-refractivity contribution in [3.63, 3.8) is 0 Å². The van der Waals surface area contributed by atoms with E-state index in [2.05, 4.69) is 10.6 Å². The second-order valence-corrected chi connectivity index (χ2v) is 9.23. The number of benzene rings is 2. The fourth-order valence-electron chi connectivity index (χ4n) is 3.27. The molecular weight excluding hydrogens is 418 g/mol. The van der Waals surface area contributed by atoms with E-state index in [4.69, 9.17) is 4.74 Å². The number of rotatable bonds is 8. The molecule has 9 heteroatoms. The predicted octanol–water partition coefficient (Wildman–Crippen LogP) is 3.09. The van der Waals surface area contributed by atoms with E-state index >= 15 is 0 Å². The van der Waals surface area contributed by atoms with Crippen LogP contribution in [0.3, 0.4) is 0 Å². The van der Waals surface area contributed by atoms with E-state index in [1.54, 1.807) is 50.2 Å². The van der Waals surface area contributed by atoms with E-state index in [1.807, 2.05) is 0 Å². The van der Waals surface area contributed by atoms with Gasteiger partial charge in [0.15, 0.2) is 0 Å². The van der Waals surface area contributed by atoms with Gasteiger partial charge in [-0.3, -0.25) is 4.79 Å². The third-order valence-corrected chi connectivity index (χ3v) is 6.91. The predicted molar refractivity (Wildman–Crippen MR) is 119 cm³/mol. The number of ether oxygens (including phenoxy) is 1. The van der Waals surface area contributed by atoms with Crippen molar-refractivity contribution in [1.82, 2.24) is 4.31 Å². The highest BCUT2D eigenvalue weighted by Gasteiger charge is 2.27. The molecule has 1 aliphatic rings. The maximum Gasteiger partial charge on any atom is 0.338 e. The van der Waals surface area contributed by atoms with Crippen molar-refractivity contribution in [2.24, 2.45) is 0 Å². The van der Waals surface area contributed by atoms with E-state index < -0.39 is 22.0 Å². The summed E-state index contributed by atoms with van der Waals surface area (Å²) in [6, 6.07) is 12.3. The number of nitrogens with zero attached hydrogens (tertiary/aromatic N) is 1. The summed E-state index contributed by atoms with van der Waals surface area (Å²) in [5, 5.41) is 5.84. The van der Waals surface area contributed by atoms with Gasteiger partial charge in [-0.15, -0.1) is 0 Å². The average molecular weight is 446 g/mol. The normalized spacial score (nSPS) is 15.3. The first kappa shape index (κ1) is 22.8. The summed E-state index contributed by atoms with van der Waals surface area (Å²) < 4.78 is 31.6. The average Bonchev–Trinajstić information content (AvgIpc) is 3.31. The zero-order valence-corrected chi connectivity index (χ0v) is 18.4. The Hall–Kier alpha value is -2.91. The minimum atomic E-state index is -3.48. The number of carbonyl (C=O) groups excluding carboxylic acids is 2. The van der Waals surface area contributed by atoms with Gasteiger partial charge < -0.3 is 15.4 Å². The Morgan fingerprint density at radius 3 is 2.16 bits per heavy atom. The Bertz CT molecular complexity index is 1010. The lowest BCUT2D eigenvalue weighted by molar-refractivity contribution is -0.116. The molecule has 1 fully saturated rings. The molecule has 1 aliphatic heterocycles. The fourth-order valence-corrected chi connectivity index (χ4v) is 4.79. The summed E-state index contributed by atoms with van der Waals surface area (Å²) in [5.41, 5.74) is 1.63. The van der Waals surface area contributed by atoms with Gasteiger partial charge in [-0.1, -0.05) is 0 Å². The number of hydrogen-bond acceptors (Lipinski definition) is 6. The number of anilines is 2. The van der Waals surface area contributed by atoms with Crippen LogP contribution in [0.25, 0.3) is 0 Å². The first-order valence-electron chi connectivity index (χ1n) is 10.3. The minimum absolute atomic E-state index is 0.222. The number of hydrogen-bond donors (Lipinski definition) is 2. The van der Waals surface area contributed by atoms with E-state index in [-0.39, 0.29) is 10.8 Å². The van der Waals surface area contributed by atoms with Crippen molar-refractivity contribution < 1.29 is 22.7 Å². The molecule has 2 aromatic carbocycles. The van der Waals surface area contributed by atoms with Crippen molar-refractivity contribution in [3.05, 3.63) is 54.1 Å². The van der Waals surface area contributed by atoms with Gasteiger partial charge in [-0.05, 0) is 75.2 Å².